The van der Waals surface area contributed by atoms with E-state index in [1.807, 2.05) is 18.2 Å². The first-order valence-corrected chi connectivity index (χ1v) is 7.48. The van der Waals surface area contributed by atoms with E-state index in [0.29, 0.717) is 24.2 Å². The van der Waals surface area contributed by atoms with Crippen LogP contribution in [0, 0.1) is 10.1 Å². The number of hydrogen-bond acceptors (Lipinski definition) is 6. The van der Waals surface area contributed by atoms with E-state index in [9.17, 15) is 10.1 Å². The van der Waals surface area contributed by atoms with Gasteiger partial charge in [0.15, 0.2) is 5.11 Å². The molecule has 1 aromatic heterocycles. The quantitative estimate of drug-likeness (QED) is 0.303. The Morgan fingerprint density at radius 3 is 2.92 bits per heavy atom. The third-order valence-electron chi connectivity index (χ3n) is 3.03. The van der Waals surface area contributed by atoms with Crippen LogP contribution in [0.25, 0.3) is 0 Å². The third-order valence-corrected chi connectivity index (χ3v) is 3.12. The van der Waals surface area contributed by atoms with Gasteiger partial charge < -0.3 is 11.1 Å². The summed E-state index contributed by atoms with van der Waals surface area (Å²) in [5, 5.41) is 18.1. The molecule has 0 saturated heterocycles. The summed E-state index contributed by atoms with van der Waals surface area (Å²) in [4.78, 5) is 15.0. The number of nitro benzene ring substituents is 1. The highest BCUT2D eigenvalue weighted by Crippen LogP contribution is 2.25. The normalized spacial score (nSPS) is 10.5. The zero-order valence-electron chi connectivity index (χ0n) is 12.7. The Morgan fingerprint density at radius 1 is 1.42 bits per heavy atom. The zero-order chi connectivity index (χ0) is 17.4. The molecule has 4 N–H and O–H groups in total. The van der Waals surface area contributed by atoms with E-state index in [-0.39, 0.29) is 10.8 Å². The first-order valence-electron chi connectivity index (χ1n) is 7.07. The highest BCUT2D eigenvalue weighted by atomic mass is 32.1. The van der Waals surface area contributed by atoms with Crippen molar-refractivity contribution in [2.24, 2.45) is 10.8 Å². The van der Waals surface area contributed by atoms with Crippen LogP contribution in [-0.2, 0) is 6.42 Å². The number of anilines is 1. The SMILES string of the molecule is NC(=S)N/N=C/c1ccc(NCCc2ccccn2)c([N+](=O)[O-])c1. The molecule has 0 unspecified atom stereocenters. The molecule has 2 aromatic rings. The second-order valence-corrected chi connectivity index (χ2v) is 5.21. The van der Waals surface area contributed by atoms with E-state index >= 15 is 0 Å². The summed E-state index contributed by atoms with van der Waals surface area (Å²) in [5.74, 6) is 0. The molecule has 1 aromatic carbocycles. The first kappa shape index (κ1) is 17.3. The van der Waals surface area contributed by atoms with Gasteiger partial charge in [-0.3, -0.25) is 20.5 Å². The first-order chi connectivity index (χ1) is 11.6. The van der Waals surface area contributed by atoms with Crippen molar-refractivity contribution in [3.8, 4) is 0 Å². The van der Waals surface area contributed by atoms with Crippen LogP contribution >= 0.6 is 12.2 Å². The Labute approximate surface area is 143 Å². The lowest BCUT2D eigenvalue weighted by Gasteiger charge is -2.07. The van der Waals surface area contributed by atoms with Gasteiger partial charge in [-0.25, -0.2) is 0 Å². The van der Waals surface area contributed by atoms with Gasteiger partial charge >= 0.3 is 0 Å². The molecule has 124 valence electrons. The molecular weight excluding hydrogens is 328 g/mol. The van der Waals surface area contributed by atoms with E-state index in [1.54, 1.807) is 18.3 Å². The van der Waals surface area contributed by atoms with Crippen LogP contribution in [0.4, 0.5) is 11.4 Å². The molecule has 2 rings (SSSR count). The number of rotatable bonds is 7. The third kappa shape index (κ3) is 5.29. The van der Waals surface area contributed by atoms with Crippen LogP contribution in [0.5, 0.6) is 0 Å². The Hall–Kier alpha value is -3.07. The predicted molar refractivity (Wildman–Crippen MR) is 97.0 cm³/mol. The fourth-order valence-electron chi connectivity index (χ4n) is 1.97. The van der Waals surface area contributed by atoms with Crippen molar-refractivity contribution in [1.82, 2.24) is 10.4 Å². The van der Waals surface area contributed by atoms with Gasteiger partial charge in [-0.2, -0.15) is 5.10 Å². The second-order valence-electron chi connectivity index (χ2n) is 4.77. The Kier molecular flexibility index (Phi) is 6.15. The summed E-state index contributed by atoms with van der Waals surface area (Å²) in [5.41, 5.74) is 9.52. The van der Waals surface area contributed by atoms with Gasteiger partial charge in [-0.05, 0) is 30.4 Å². The zero-order valence-corrected chi connectivity index (χ0v) is 13.5. The summed E-state index contributed by atoms with van der Waals surface area (Å²) >= 11 is 4.62. The molecule has 0 atom stereocenters. The molecule has 0 aliphatic carbocycles. The average Bonchev–Trinajstić information content (AvgIpc) is 2.56. The van der Waals surface area contributed by atoms with E-state index < -0.39 is 4.92 Å². The number of nitro groups is 1. The largest absolute Gasteiger partial charge is 0.379 e. The topological polar surface area (TPSA) is 118 Å². The molecule has 0 aliphatic heterocycles. The van der Waals surface area contributed by atoms with Gasteiger partial charge in [0.05, 0.1) is 11.1 Å². The summed E-state index contributed by atoms with van der Waals surface area (Å²) < 4.78 is 0. The summed E-state index contributed by atoms with van der Waals surface area (Å²) in [6, 6.07) is 10.4. The van der Waals surface area contributed by atoms with Gasteiger partial charge in [-0.1, -0.05) is 12.1 Å². The average molecular weight is 344 g/mol. The summed E-state index contributed by atoms with van der Waals surface area (Å²) in [6.45, 7) is 0.536. The lowest BCUT2D eigenvalue weighted by molar-refractivity contribution is -0.384. The number of aromatic nitrogens is 1. The molecule has 0 aliphatic rings. The number of thiocarbonyl (C=S) groups is 1. The van der Waals surface area contributed by atoms with Crippen LogP contribution in [0.2, 0.25) is 0 Å². The van der Waals surface area contributed by atoms with E-state index in [1.165, 1.54) is 12.3 Å². The van der Waals surface area contributed by atoms with E-state index in [2.05, 4.69) is 33.0 Å². The predicted octanol–water partition coefficient (Wildman–Crippen LogP) is 1.81. The van der Waals surface area contributed by atoms with Crippen molar-refractivity contribution in [3.05, 3.63) is 64.0 Å². The molecule has 8 nitrogen and oxygen atoms in total. The monoisotopic (exact) mass is 344 g/mol. The van der Waals surface area contributed by atoms with Gasteiger partial charge in [0, 0.05) is 36.5 Å². The van der Waals surface area contributed by atoms with Crippen LogP contribution in [0.1, 0.15) is 11.3 Å². The number of hydrogen-bond donors (Lipinski definition) is 3. The standard InChI is InChI=1S/C15H16N6O2S/c16-15(24)20-19-10-11-4-5-13(14(9-11)21(22)23)18-8-6-12-3-1-2-7-17-12/h1-5,7,9-10,18H,6,8H2,(H3,16,20,24)/b19-10+. The minimum absolute atomic E-state index is 0.0218. The second kappa shape index (κ2) is 8.53. The minimum Gasteiger partial charge on any atom is -0.379 e. The number of nitrogens with two attached hydrogens (primary N) is 1. The van der Waals surface area contributed by atoms with Crippen molar-refractivity contribution in [2.45, 2.75) is 6.42 Å². The highest BCUT2D eigenvalue weighted by Gasteiger charge is 2.13. The minimum atomic E-state index is -0.443. The van der Waals surface area contributed by atoms with Gasteiger partial charge in [0.2, 0.25) is 0 Å². The molecule has 24 heavy (non-hydrogen) atoms. The molecule has 0 spiro atoms. The lowest BCUT2D eigenvalue weighted by atomic mass is 10.2. The molecule has 0 saturated carbocycles. The fraction of sp³-hybridized carbons (Fsp3) is 0.133. The molecular formula is C15H16N6O2S. The number of hydrazone groups is 1. The maximum Gasteiger partial charge on any atom is 0.292 e. The Morgan fingerprint density at radius 2 is 2.25 bits per heavy atom. The van der Waals surface area contributed by atoms with E-state index in [0.717, 1.165) is 5.69 Å². The van der Waals surface area contributed by atoms with Gasteiger partial charge in [-0.15, -0.1) is 0 Å². The Balaban J connectivity index is 2.04. The van der Waals surface area contributed by atoms with Crippen molar-refractivity contribution < 1.29 is 4.92 Å². The molecule has 0 fully saturated rings. The van der Waals surface area contributed by atoms with Gasteiger partial charge in [0.1, 0.15) is 5.69 Å². The summed E-state index contributed by atoms with van der Waals surface area (Å²) in [7, 11) is 0. The van der Waals surface area contributed by atoms with Crippen molar-refractivity contribution in [1.29, 1.82) is 0 Å². The van der Waals surface area contributed by atoms with Crippen molar-refractivity contribution >= 4 is 34.9 Å². The van der Waals surface area contributed by atoms with Crippen LogP contribution < -0.4 is 16.5 Å². The molecule has 0 radical (unpaired) electrons. The van der Waals surface area contributed by atoms with E-state index in [4.69, 9.17) is 5.73 Å². The molecule has 1 heterocycles. The lowest BCUT2D eigenvalue weighted by Crippen LogP contribution is -2.24. The highest BCUT2D eigenvalue weighted by molar-refractivity contribution is 7.80. The number of pyridine rings is 1. The molecule has 0 bridgehead atoms. The smallest absolute Gasteiger partial charge is 0.292 e. The van der Waals surface area contributed by atoms with Crippen molar-refractivity contribution in [2.75, 3.05) is 11.9 Å². The number of nitrogens with zero attached hydrogens (tertiary/aromatic N) is 3. The molecule has 9 heteroatoms. The number of nitrogens with one attached hydrogen (secondary N) is 2. The van der Waals surface area contributed by atoms with Gasteiger partial charge in [0.25, 0.3) is 5.69 Å². The molecule has 0 amide bonds. The maximum absolute atomic E-state index is 11.2. The van der Waals surface area contributed by atoms with Crippen molar-refractivity contribution in [3.63, 3.8) is 0 Å². The van der Waals surface area contributed by atoms with Crippen LogP contribution in [-0.4, -0.2) is 27.8 Å². The summed E-state index contributed by atoms with van der Waals surface area (Å²) in [6.07, 6.45) is 3.79. The van der Waals surface area contributed by atoms with Crippen LogP contribution in [0.3, 0.4) is 0 Å². The Bertz CT molecular complexity index is 751. The maximum atomic E-state index is 11.2. The fourth-order valence-corrected chi connectivity index (χ4v) is 2.02. The van der Waals surface area contributed by atoms with Crippen LogP contribution in [0.15, 0.2) is 47.7 Å². The number of benzene rings is 1.